The number of amides is 1. The molecular formula is C23H33NO5S. The zero-order chi connectivity index (χ0) is 21.9. The van der Waals surface area contributed by atoms with Gasteiger partial charge in [0.2, 0.25) is 0 Å². The van der Waals surface area contributed by atoms with Gasteiger partial charge in [-0.05, 0) is 62.6 Å². The largest absolute Gasteiger partial charge is 0.454 e. The van der Waals surface area contributed by atoms with Crippen molar-refractivity contribution < 1.29 is 22.7 Å². The van der Waals surface area contributed by atoms with Gasteiger partial charge in [-0.25, -0.2) is 8.42 Å². The minimum absolute atomic E-state index is 0.0871. The lowest BCUT2D eigenvalue weighted by atomic mass is 9.86. The maximum Gasteiger partial charge on any atom is 0.328 e. The summed E-state index contributed by atoms with van der Waals surface area (Å²) in [6, 6.07) is 5.32. The van der Waals surface area contributed by atoms with Crippen molar-refractivity contribution >= 4 is 21.7 Å². The van der Waals surface area contributed by atoms with Crippen LogP contribution in [0.1, 0.15) is 69.4 Å². The fourth-order valence-electron chi connectivity index (χ4n) is 4.78. The highest BCUT2D eigenvalue weighted by Crippen LogP contribution is 2.42. The molecule has 30 heavy (non-hydrogen) atoms. The van der Waals surface area contributed by atoms with Gasteiger partial charge in [-0.15, -0.1) is 0 Å². The lowest BCUT2D eigenvalue weighted by Gasteiger charge is -2.30. The van der Waals surface area contributed by atoms with Gasteiger partial charge in [0.25, 0.3) is 5.91 Å². The SMILES string of the molecule is Cc1ccc(C)c(S(=O)(=O)C2(C(=O)OCC(=O)NC3CCCCC3C)CCCC2)c1. The number of hydrogen-bond acceptors (Lipinski definition) is 5. The van der Waals surface area contributed by atoms with Crippen LogP contribution in [0.5, 0.6) is 0 Å². The van der Waals surface area contributed by atoms with E-state index < -0.39 is 27.2 Å². The predicted octanol–water partition coefficient (Wildman–Crippen LogP) is 3.63. The Bertz CT molecular complexity index is 902. The number of benzene rings is 1. The summed E-state index contributed by atoms with van der Waals surface area (Å²) in [6.45, 7) is 5.24. The van der Waals surface area contributed by atoms with Crippen LogP contribution in [-0.2, 0) is 24.2 Å². The number of carbonyl (C=O) groups excluding carboxylic acids is 2. The first-order chi connectivity index (χ1) is 14.2. The van der Waals surface area contributed by atoms with E-state index >= 15 is 0 Å². The maximum absolute atomic E-state index is 13.6. The van der Waals surface area contributed by atoms with Crippen LogP contribution in [0.15, 0.2) is 23.1 Å². The minimum Gasteiger partial charge on any atom is -0.454 e. The standard InChI is InChI=1S/C23H33NO5S/c1-16-10-11-18(3)20(14-16)30(27,28)23(12-6-7-13-23)22(26)29-15-21(25)24-19-9-5-4-8-17(19)2/h10-11,14,17,19H,4-9,12-13,15H2,1-3H3,(H,24,25). The van der Waals surface area contributed by atoms with Crippen LogP contribution in [0.4, 0.5) is 0 Å². The molecule has 1 N–H and O–H groups in total. The molecule has 1 aromatic carbocycles. The third kappa shape index (κ3) is 4.41. The third-order valence-corrected chi connectivity index (χ3v) is 9.35. The number of sulfone groups is 1. The molecule has 2 saturated carbocycles. The van der Waals surface area contributed by atoms with Gasteiger partial charge >= 0.3 is 5.97 Å². The molecule has 7 heteroatoms. The number of aryl methyl sites for hydroxylation is 2. The topological polar surface area (TPSA) is 89.5 Å². The van der Waals surface area contributed by atoms with Crippen molar-refractivity contribution in [3.63, 3.8) is 0 Å². The van der Waals surface area contributed by atoms with E-state index in [1.165, 1.54) is 6.42 Å². The Morgan fingerprint density at radius 2 is 1.77 bits per heavy atom. The number of carbonyl (C=O) groups is 2. The Morgan fingerprint density at radius 1 is 1.10 bits per heavy atom. The Hall–Kier alpha value is -1.89. The van der Waals surface area contributed by atoms with Crippen LogP contribution in [0.25, 0.3) is 0 Å². The Morgan fingerprint density at radius 3 is 2.43 bits per heavy atom. The monoisotopic (exact) mass is 435 g/mol. The minimum atomic E-state index is -3.94. The molecule has 1 aromatic rings. The highest BCUT2D eigenvalue weighted by molar-refractivity contribution is 7.93. The van der Waals surface area contributed by atoms with E-state index in [9.17, 15) is 18.0 Å². The van der Waals surface area contributed by atoms with Crippen molar-refractivity contribution in [2.75, 3.05) is 6.61 Å². The normalized spacial score (nSPS) is 23.7. The summed E-state index contributed by atoms with van der Waals surface area (Å²) in [5.41, 5.74) is 1.44. The lowest BCUT2D eigenvalue weighted by molar-refractivity contribution is -0.151. The lowest BCUT2D eigenvalue weighted by Crippen LogP contribution is -2.47. The highest BCUT2D eigenvalue weighted by Gasteiger charge is 2.54. The van der Waals surface area contributed by atoms with Gasteiger partial charge in [-0.2, -0.15) is 0 Å². The second-order valence-electron chi connectivity index (χ2n) is 8.99. The van der Waals surface area contributed by atoms with E-state index in [-0.39, 0.29) is 29.7 Å². The molecule has 6 nitrogen and oxygen atoms in total. The molecule has 3 rings (SSSR count). The van der Waals surface area contributed by atoms with Crippen LogP contribution in [-0.4, -0.2) is 37.7 Å². The fraction of sp³-hybridized carbons (Fsp3) is 0.652. The average Bonchev–Trinajstić information content (AvgIpc) is 3.21. The Labute approximate surface area is 179 Å². The summed E-state index contributed by atoms with van der Waals surface area (Å²) < 4.78 is 30.9. The van der Waals surface area contributed by atoms with E-state index in [1.54, 1.807) is 19.1 Å². The average molecular weight is 436 g/mol. The molecule has 0 radical (unpaired) electrons. The summed E-state index contributed by atoms with van der Waals surface area (Å²) in [6.07, 6.45) is 5.98. The molecule has 0 aliphatic heterocycles. The molecule has 2 fully saturated rings. The zero-order valence-corrected chi connectivity index (χ0v) is 19.0. The predicted molar refractivity (Wildman–Crippen MR) is 115 cm³/mol. The third-order valence-electron chi connectivity index (χ3n) is 6.72. The van der Waals surface area contributed by atoms with Crippen LogP contribution in [0.3, 0.4) is 0 Å². The molecule has 2 aliphatic rings. The second-order valence-corrected chi connectivity index (χ2v) is 11.2. The summed E-state index contributed by atoms with van der Waals surface area (Å²) in [5.74, 6) is -0.767. The summed E-state index contributed by atoms with van der Waals surface area (Å²) >= 11 is 0. The van der Waals surface area contributed by atoms with Crippen LogP contribution in [0, 0.1) is 19.8 Å². The second kappa shape index (κ2) is 9.08. The van der Waals surface area contributed by atoms with Gasteiger partial charge in [-0.1, -0.05) is 44.7 Å². The number of hydrogen-bond donors (Lipinski definition) is 1. The van der Waals surface area contributed by atoms with E-state index in [0.29, 0.717) is 24.3 Å². The summed E-state index contributed by atoms with van der Waals surface area (Å²) in [5, 5.41) is 2.95. The Balaban J connectivity index is 1.74. The van der Waals surface area contributed by atoms with Crippen LogP contribution in [0.2, 0.25) is 0 Å². The highest BCUT2D eigenvalue weighted by atomic mass is 32.2. The number of ether oxygens (including phenoxy) is 1. The molecule has 0 bridgehead atoms. The van der Waals surface area contributed by atoms with Crippen molar-refractivity contribution in [2.45, 2.75) is 87.8 Å². The molecule has 0 aromatic heterocycles. The number of esters is 1. The summed E-state index contributed by atoms with van der Waals surface area (Å²) in [4.78, 5) is 25.6. The maximum atomic E-state index is 13.6. The van der Waals surface area contributed by atoms with Crippen LogP contribution < -0.4 is 5.32 Å². The first kappa shape index (κ1) is 22.8. The quantitative estimate of drug-likeness (QED) is 0.689. The van der Waals surface area contributed by atoms with Gasteiger partial charge in [0.05, 0.1) is 4.90 Å². The molecule has 1 amide bonds. The van der Waals surface area contributed by atoms with Gasteiger partial charge in [0.1, 0.15) is 0 Å². The molecule has 0 heterocycles. The number of rotatable bonds is 6. The first-order valence-corrected chi connectivity index (χ1v) is 12.4. The van der Waals surface area contributed by atoms with Gasteiger partial charge in [0.15, 0.2) is 21.2 Å². The van der Waals surface area contributed by atoms with Crippen molar-refractivity contribution in [2.24, 2.45) is 5.92 Å². The van der Waals surface area contributed by atoms with Crippen molar-refractivity contribution in [3.05, 3.63) is 29.3 Å². The van der Waals surface area contributed by atoms with E-state index in [4.69, 9.17) is 4.74 Å². The van der Waals surface area contributed by atoms with Crippen molar-refractivity contribution in [1.82, 2.24) is 5.32 Å². The zero-order valence-electron chi connectivity index (χ0n) is 18.2. The van der Waals surface area contributed by atoms with E-state index in [0.717, 1.165) is 24.8 Å². The van der Waals surface area contributed by atoms with Gasteiger partial charge in [0, 0.05) is 6.04 Å². The van der Waals surface area contributed by atoms with Crippen LogP contribution >= 0.6 is 0 Å². The summed E-state index contributed by atoms with van der Waals surface area (Å²) in [7, 11) is -3.94. The van der Waals surface area contributed by atoms with Crippen molar-refractivity contribution in [3.8, 4) is 0 Å². The molecule has 0 saturated heterocycles. The fourth-order valence-corrected chi connectivity index (χ4v) is 7.14. The Kier molecular flexibility index (Phi) is 6.90. The molecular weight excluding hydrogens is 402 g/mol. The van der Waals surface area contributed by atoms with E-state index in [2.05, 4.69) is 12.2 Å². The van der Waals surface area contributed by atoms with Gasteiger partial charge in [-0.3, -0.25) is 9.59 Å². The number of nitrogens with one attached hydrogen (secondary N) is 1. The molecule has 0 spiro atoms. The smallest absolute Gasteiger partial charge is 0.328 e. The molecule has 2 atom stereocenters. The molecule has 2 aliphatic carbocycles. The first-order valence-electron chi connectivity index (χ1n) is 11.0. The molecule has 2 unspecified atom stereocenters. The van der Waals surface area contributed by atoms with E-state index in [1.807, 2.05) is 13.0 Å². The van der Waals surface area contributed by atoms with Gasteiger partial charge < -0.3 is 10.1 Å². The molecule has 166 valence electrons. The van der Waals surface area contributed by atoms with Crippen molar-refractivity contribution in [1.29, 1.82) is 0 Å².